The molecule has 0 saturated heterocycles. The molecule has 7 heteroatoms. The number of likely N-dealkylation sites (N-methyl/N-ethyl adjacent to an activating group) is 1. The normalized spacial score (nSPS) is 11.0. The molecule has 0 aliphatic rings. The van der Waals surface area contributed by atoms with E-state index in [2.05, 4.69) is 0 Å². The van der Waals surface area contributed by atoms with Gasteiger partial charge in [-0.2, -0.15) is 0 Å². The van der Waals surface area contributed by atoms with Crippen LogP contribution in [0.3, 0.4) is 0 Å². The molecule has 1 heterocycles. The van der Waals surface area contributed by atoms with Crippen molar-refractivity contribution in [3.63, 3.8) is 0 Å². The minimum Gasteiger partial charge on any atom is -0.337 e. The molecule has 2 rings (SSSR count). The fourth-order valence-corrected chi connectivity index (χ4v) is 3.42. The summed E-state index contributed by atoms with van der Waals surface area (Å²) in [5.74, 6) is -0.598. The Balaban J connectivity index is 2.00. The van der Waals surface area contributed by atoms with Gasteiger partial charge < -0.3 is 9.80 Å². The van der Waals surface area contributed by atoms with Gasteiger partial charge in [-0.25, -0.2) is 4.39 Å². The molecule has 0 saturated carbocycles. The molecule has 0 unspecified atom stereocenters. The molecular weight excluding hydrogens is 375 g/mol. The number of thiophene rings is 1. The van der Waals surface area contributed by atoms with E-state index in [1.165, 1.54) is 17.4 Å². The minimum absolute atomic E-state index is 0.0935. The van der Waals surface area contributed by atoms with Crippen LogP contribution in [0, 0.1) is 5.82 Å². The predicted octanol–water partition coefficient (Wildman–Crippen LogP) is 4.09. The second kappa shape index (κ2) is 9.80. The van der Waals surface area contributed by atoms with Crippen LogP contribution in [0.1, 0.15) is 28.1 Å². The molecule has 0 aliphatic carbocycles. The molecule has 4 nitrogen and oxygen atoms in total. The van der Waals surface area contributed by atoms with Crippen molar-refractivity contribution < 1.29 is 14.0 Å². The first kappa shape index (κ1) is 20.6. The molecule has 26 heavy (non-hydrogen) atoms. The molecule has 140 valence electrons. The quantitative estimate of drug-likeness (QED) is 0.599. The van der Waals surface area contributed by atoms with Gasteiger partial charge in [-0.1, -0.05) is 29.8 Å². The molecule has 0 N–H and O–H groups in total. The zero-order chi connectivity index (χ0) is 19.1. The maximum absolute atomic E-state index is 13.9. The molecule has 1 aromatic carbocycles. The number of carbonyl (C=O) groups excluding carboxylic acids is 2. The first-order chi connectivity index (χ1) is 12.4. The summed E-state index contributed by atoms with van der Waals surface area (Å²) in [6, 6.07) is 9.76. The van der Waals surface area contributed by atoms with Crippen LogP contribution in [-0.4, -0.2) is 48.7 Å². The Kier molecular flexibility index (Phi) is 7.75. The third-order valence-corrected chi connectivity index (χ3v) is 5.18. The highest BCUT2D eigenvalue weighted by Gasteiger charge is 2.18. The molecular formula is C19H22ClFN2O2S. The van der Waals surface area contributed by atoms with Crippen LogP contribution in [0.15, 0.2) is 36.4 Å². The summed E-state index contributed by atoms with van der Waals surface area (Å²) >= 11 is 7.05. The average molecular weight is 397 g/mol. The zero-order valence-corrected chi connectivity index (χ0v) is 16.4. The highest BCUT2D eigenvalue weighted by molar-refractivity contribution is 7.18. The summed E-state index contributed by atoms with van der Waals surface area (Å²) in [7, 11) is 3.83. The minimum atomic E-state index is -0.334. The van der Waals surface area contributed by atoms with Gasteiger partial charge in [0, 0.05) is 38.0 Å². The van der Waals surface area contributed by atoms with Crippen LogP contribution >= 0.6 is 22.9 Å². The maximum Gasteiger partial charge on any atom is 0.223 e. The number of ketones is 1. The highest BCUT2D eigenvalue weighted by Crippen LogP contribution is 2.23. The topological polar surface area (TPSA) is 40.6 Å². The van der Waals surface area contributed by atoms with Crippen molar-refractivity contribution >= 4 is 34.6 Å². The smallest absolute Gasteiger partial charge is 0.223 e. The number of hydrogen-bond donors (Lipinski definition) is 0. The van der Waals surface area contributed by atoms with Gasteiger partial charge in [-0.15, -0.1) is 11.3 Å². The van der Waals surface area contributed by atoms with Gasteiger partial charge in [-0.05, 0) is 32.3 Å². The SMILES string of the molecule is CN(C)CCN(Cc1ccccc1F)C(=O)CCC(=O)c1ccc(Cl)s1. The number of nitrogens with zero attached hydrogens (tertiary/aromatic N) is 2. The van der Waals surface area contributed by atoms with E-state index in [1.807, 2.05) is 19.0 Å². The molecule has 1 aromatic heterocycles. The number of benzene rings is 1. The largest absolute Gasteiger partial charge is 0.337 e. The van der Waals surface area contributed by atoms with Gasteiger partial charge in [0.1, 0.15) is 5.82 Å². The lowest BCUT2D eigenvalue weighted by Crippen LogP contribution is -2.36. The van der Waals surface area contributed by atoms with Crippen molar-refractivity contribution in [2.75, 3.05) is 27.2 Å². The Morgan fingerprint density at radius 2 is 1.81 bits per heavy atom. The first-order valence-electron chi connectivity index (χ1n) is 8.31. The van der Waals surface area contributed by atoms with E-state index in [0.29, 0.717) is 27.9 Å². The Morgan fingerprint density at radius 3 is 2.42 bits per heavy atom. The number of halogens is 2. The van der Waals surface area contributed by atoms with E-state index in [1.54, 1.807) is 35.2 Å². The predicted molar refractivity (Wildman–Crippen MR) is 103 cm³/mol. The van der Waals surface area contributed by atoms with E-state index in [0.717, 1.165) is 0 Å². The van der Waals surface area contributed by atoms with Crippen molar-refractivity contribution in [3.05, 3.63) is 57.0 Å². The van der Waals surface area contributed by atoms with E-state index < -0.39 is 0 Å². The zero-order valence-electron chi connectivity index (χ0n) is 14.9. The number of rotatable bonds is 9. The number of hydrogen-bond acceptors (Lipinski definition) is 4. The van der Waals surface area contributed by atoms with E-state index in [-0.39, 0.29) is 36.9 Å². The monoisotopic (exact) mass is 396 g/mol. The second-order valence-corrected chi connectivity index (χ2v) is 7.95. The standard InChI is InChI=1S/C19H22ClFN2O2S/c1-22(2)11-12-23(13-14-5-3-4-6-15(14)21)19(25)10-7-16(24)17-8-9-18(20)26-17/h3-6,8-9H,7,10-13H2,1-2H3. The van der Waals surface area contributed by atoms with E-state index in [9.17, 15) is 14.0 Å². The first-order valence-corrected chi connectivity index (χ1v) is 9.50. The van der Waals surface area contributed by atoms with Crippen molar-refractivity contribution in [1.82, 2.24) is 9.80 Å². The molecule has 1 amide bonds. The maximum atomic E-state index is 13.9. The molecule has 0 atom stereocenters. The summed E-state index contributed by atoms with van der Waals surface area (Å²) in [5.41, 5.74) is 0.468. The number of carbonyl (C=O) groups is 2. The van der Waals surface area contributed by atoms with E-state index in [4.69, 9.17) is 11.6 Å². The average Bonchev–Trinajstić information content (AvgIpc) is 3.04. The van der Waals surface area contributed by atoms with Crippen molar-refractivity contribution in [2.24, 2.45) is 0 Å². The van der Waals surface area contributed by atoms with Crippen LogP contribution in [0.25, 0.3) is 0 Å². The highest BCUT2D eigenvalue weighted by atomic mass is 35.5. The van der Waals surface area contributed by atoms with Crippen LogP contribution in [0.5, 0.6) is 0 Å². The van der Waals surface area contributed by atoms with Gasteiger partial charge in [0.15, 0.2) is 5.78 Å². The van der Waals surface area contributed by atoms with Gasteiger partial charge in [0.05, 0.1) is 9.21 Å². The molecule has 0 fully saturated rings. The van der Waals surface area contributed by atoms with E-state index >= 15 is 0 Å². The Labute approximate surface area is 162 Å². The molecule has 2 aromatic rings. The molecule has 0 aliphatic heterocycles. The number of amides is 1. The molecule has 0 radical (unpaired) electrons. The summed E-state index contributed by atoms with van der Waals surface area (Å²) in [6.45, 7) is 1.33. The van der Waals surface area contributed by atoms with Crippen LogP contribution in [0.4, 0.5) is 4.39 Å². The fraction of sp³-hybridized carbons (Fsp3) is 0.368. The number of Topliss-reactive ketones (excluding diaryl/α,β-unsaturated/α-hetero) is 1. The third kappa shape index (κ3) is 6.20. The van der Waals surface area contributed by atoms with Crippen LogP contribution in [0.2, 0.25) is 4.34 Å². The molecule has 0 bridgehead atoms. The summed E-state index contributed by atoms with van der Waals surface area (Å²) < 4.78 is 14.5. The van der Waals surface area contributed by atoms with Gasteiger partial charge in [0.2, 0.25) is 5.91 Å². The van der Waals surface area contributed by atoms with Crippen molar-refractivity contribution in [3.8, 4) is 0 Å². The Morgan fingerprint density at radius 1 is 1.08 bits per heavy atom. The summed E-state index contributed by atoms with van der Waals surface area (Å²) in [5, 5.41) is 0. The van der Waals surface area contributed by atoms with Crippen molar-refractivity contribution in [2.45, 2.75) is 19.4 Å². The third-order valence-electron chi connectivity index (χ3n) is 3.90. The van der Waals surface area contributed by atoms with Crippen LogP contribution in [-0.2, 0) is 11.3 Å². The van der Waals surface area contributed by atoms with Gasteiger partial charge in [-0.3, -0.25) is 9.59 Å². The van der Waals surface area contributed by atoms with Crippen molar-refractivity contribution in [1.29, 1.82) is 0 Å². The second-order valence-electron chi connectivity index (χ2n) is 6.24. The Bertz CT molecular complexity index is 764. The lowest BCUT2D eigenvalue weighted by atomic mass is 10.1. The lowest BCUT2D eigenvalue weighted by molar-refractivity contribution is -0.132. The lowest BCUT2D eigenvalue weighted by Gasteiger charge is -2.24. The molecule has 0 spiro atoms. The summed E-state index contributed by atoms with van der Waals surface area (Å²) in [6.07, 6.45) is 0.210. The summed E-state index contributed by atoms with van der Waals surface area (Å²) in [4.78, 5) is 28.9. The van der Waals surface area contributed by atoms with Gasteiger partial charge >= 0.3 is 0 Å². The van der Waals surface area contributed by atoms with Crippen LogP contribution < -0.4 is 0 Å². The fourth-order valence-electron chi connectivity index (χ4n) is 2.41. The van der Waals surface area contributed by atoms with Gasteiger partial charge in [0.25, 0.3) is 0 Å². The Hall–Kier alpha value is -1.76.